The molecule has 5 nitrogen and oxygen atoms in total. The maximum atomic E-state index is 11.7. The number of esters is 1. The van der Waals surface area contributed by atoms with E-state index < -0.39 is 5.97 Å². The number of nitrogens with zero attached hydrogens (tertiary/aromatic N) is 2. The number of aromatic nitrogens is 2. The fourth-order valence-corrected chi connectivity index (χ4v) is 2.40. The molecule has 1 aromatic carbocycles. The number of rotatable bonds is 3. The standard InChI is InChI=1S/C13H14BrN3O2/c1-3-19-13(18)11-12(15)17(7-16-11)10-5-4-8(2)6-9(10)14/h4-7H,3,15H2,1-2H3. The van der Waals surface area contributed by atoms with Crippen molar-refractivity contribution in [3.8, 4) is 5.69 Å². The Labute approximate surface area is 119 Å². The van der Waals surface area contributed by atoms with Crippen LogP contribution in [0.5, 0.6) is 0 Å². The summed E-state index contributed by atoms with van der Waals surface area (Å²) in [5.74, 6) is -0.245. The number of hydrogen-bond donors (Lipinski definition) is 1. The Balaban J connectivity index is 2.44. The van der Waals surface area contributed by atoms with Crippen LogP contribution in [-0.2, 0) is 4.74 Å². The van der Waals surface area contributed by atoms with Crippen molar-refractivity contribution >= 4 is 27.7 Å². The number of carbonyl (C=O) groups is 1. The summed E-state index contributed by atoms with van der Waals surface area (Å²) in [6.45, 7) is 4.02. The molecule has 2 N–H and O–H groups in total. The first kappa shape index (κ1) is 13.6. The van der Waals surface area contributed by atoms with E-state index in [1.165, 1.54) is 6.33 Å². The lowest BCUT2D eigenvalue weighted by molar-refractivity contribution is 0.0521. The molecular formula is C13H14BrN3O2. The van der Waals surface area contributed by atoms with Gasteiger partial charge in [0.25, 0.3) is 0 Å². The van der Waals surface area contributed by atoms with E-state index in [2.05, 4.69) is 20.9 Å². The summed E-state index contributed by atoms with van der Waals surface area (Å²) >= 11 is 3.47. The van der Waals surface area contributed by atoms with Crippen LogP contribution in [0, 0.1) is 6.92 Å². The first-order valence-corrected chi connectivity index (χ1v) is 6.60. The predicted molar refractivity (Wildman–Crippen MR) is 76.4 cm³/mol. The summed E-state index contributed by atoms with van der Waals surface area (Å²) < 4.78 is 7.43. The van der Waals surface area contributed by atoms with Gasteiger partial charge in [-0.3, -0.25) is 4.57 Å². The third-order valence-corrected chi connectivity index (χ3v) is 3.27. The van der Waals surface area contributed by atoms with E-state index in [9.17, 15) is 4.79 Å². The molecule has 100 valence electrons. The molecule has 0 radical (unpaired) electrons. The van der Waals surface area contributed by atoms with E-state index in [1.807, 2.05) is 25.1 Å². The molecule has 0 saturated carbocycles. The zero-order chi connectivity index (χ0) is 14.0. The largest absolute Gasteiger partial charge is 0.461 e. The molecule has 1 heterocycles. The van der Waals surface area contributed by atoms with E-state index >= 15 is 0 Å². The summed E-state index contributed by atoms with van der Waals surface area (Å²) in [5, 5.41) is 0. The first-order chi connectivity index (χ1) is 9.04. The van der Waals surface area contributed by atoms with Crippen LogP contribution in [0.2, 0.25) is 0 Å². The number of aryl methyl sites for hydroxylation is 1. The molecule has 0 atom stereocenters. The second kappa shape index (κ2) is 5.44. The fourth-order valence-electron chi connectivity index (χ4n) is 1.71. The van der Waals surface area contributed by atoms with Crippen molar-refractivity contribution in [2.24, 2.45) is 0 Å². The number of imidazole rings is 1. The molecular weight excluding hydrogens is 310 g/mol. The molecule has 19 heavy (non-hydrogen) atoms. The molecule has 0 aliphatic rings. The predicted octanol–water partition coefficient (Wildman–Crippen LogP) is 2.70. The highest BCUT2D eigenvalue weighted by Crippen LogP contribution is 2.26. The number of nitrogens with two attached hydrogens (primary N) is 1. The molecule has 0 bridgehead atoms. The Morgan fingerprint density at radius 3 is 2.89 bits per heavy atom. The summed E-state index contributed by atoms with van der Waals surface area (Å²) in [6, 6.07) is 5.84. The number of hydrogen-bond acceptors (Lipinski definition) is 4. The van der Waals surface area contributed by atoms with Gasteiger partial charge in [-0.25, -0.2) is 9.78 Å². The highest BCUT2D eigenvalue weighted by Gasteiger charge is 2.18. The molecule has 6 heteroatoms. The van der Waals surface area contributed by atoms with Crippen LogP contribution in [0.15, 0.2) is 29.0 Å². The molecule has 0 aliphatic carbocycles. The third kappa shape index (κ3) is 2.63. The van der Waals surface area contributed by atoms with Crippen molar-refractivity contribution in [1.29, 1.82) is 0 Å². The number of halogens is 1. The van der Waals surface area contributed by atoms with Gasteiger partial charge in [0.15, 0.2) is 5.69 Å². The van der Waals surface area contributed by atoms with Gasteiger partial charge in [-0.05, 0) is 47.5 Å². The lowest BCUT2D eigenvalue weighted by Gasteiger charge is -2.08. The topological polar surface area (TPSA) is 70.1 Å². The average molecular weight is 324 g/mol. The number of nitrogen functional groups attached to an aromatic ring is 1. The molecule has 0 aliphatic heterocycles. The van der Waals surface area contributed by atoms with Crippen molar-refractivity contribution in [3.63, 3.8) is 0 Å². The highest BCUT2D eigenvalue weighted by atomic mass is 79.9. The van der Waals surface area contributed by atoms with Crippen LogP contribution in [0.1, 0.15) is 23.0 Å². The lowest BCUT2D eigenvalue weighted by atomic mass is 10.2. The van der Waals surface area contributed by atoms with E-state index in [0.717, 1.165) is 15.7 Å². The van der Waals surface area contributed by atoms with Gasteiger partial charge in [0, 0.05) is 4.47 Å². The first-order valence-electron chi connectivity index (χ1n) is 5.81. The lowest BCUT2D eigenvalue weighted by Crippen LogP contribution is -2.09. The van der Waals surface area contributed by atoms with Gasteiger partial charge in [0.2, 0.25) is 0 Å². The van der Waals surface area contributed by atoms with E-state index in [-0.39, 0.29) is 11.5 Å². The number of anilines is 1. The van der Waals surface area contributed by atoms with Crippen LogP contribution in [0.25, 0.3) is 5.69 Å². The van der Waals surface area contributed by atoms with Crippen molar-refractivity contribution in [2.75, 3.05) is 12.3 Å². The van der Waals surface area contributed by atoms with Crippen LogP contribution in [0.3, 0.4) is 0 Å². The molecule has 2 aromatic rings. The Kier molecular flexibility index (Phi) is 3.90. The van der Waals surface area contributed by atoms with Crippen molar-refractivity contribution in [1.82, 2.24) is 9.55 Å². The molecule has 0 fully saturated rings. The minimum Gasteiger partial charge on any atom is -0.461 e. The summed E-state index contributed by atoms with van der Waals surface area (Å²) in [6.07, 6.45) is 1.51. The van der Waals surface area contributed by atoms with Gasteiger partial charge in [-0.15, -0.1) is 0 Å². The highest BCUT2D eigenvalue weighted by molar-refractivity contribution is 9.10. The van der Waals surface area contributed by atoms with Gasteiger partial charge >= 0.3 is 5.97 Å². The maximum Gasteiger partial charge on any atom is 0.360 e. The molecule has 0 spiro atoms. The smallest absolute Gasteiger partial charge is 0.360 e. The summed E-state index contributed by atoms with van der Waals surface area (Å²) in [5.41, 5.74) is 8.04. The fraction of sp³-hybridized carbons (Fsp3) is 0.231. The van der Waals surface area contributed by atoms with Gasteiger partial charge in [-0.2, -0.15) is 0 Å². The molecule has 0 amide bonds. The quantitative estimate of drug-likeness (QED) is 0.881. The van der Waals surface area contributed by atoms with Gasteiger partial charge in [0.05, 0.1) is 12.3 Å². The zero-order valence-corrected chi connectivity index (χ0v) is 12.3. The number of benzene rings is 1. The number of ether oxygens (including phenoxy) is 1. The SMILES string of the molecule is CCOC(=O)c1ncn(-c2ccc(C)cc2Br)c1N. The Bertz CT molecular complexity index is 622. The minimum atomic E-state index is -0.512. The number of carbonyl (C=O) groups excluding carboxylic acids is 1. The van der Waals surface area contributed by atoms with Crippen LogP contribution in [-0.4, -0.2) is 22.1 Å². The van der Waals surface area contributed by atoms with Gasteiger partial charge in [-0.1, -0.05) is 6.07 Å². The van der Waals surface area contributed by atoms with E-state index in [0.29, 0.717) is 6.61 Å². The molecule has 2 rings (SSSR count). The van der Waals surface area contributed by atoms with Gasteiger partial charge < -0.3 is 10.5 Å². The Morgan fingerprint density at radius 1 is 1.53 bits per heavy atom. The van der Waals surface area contributed by atoms with Crippen LogP contribution < -0.4 is 5.73 Å². The summed E-state index contributed by atoms with van der Waals surface area (Å²) in [4.78, 5) is 15.7. The summed E-state index contributed by atoms with van der Waals surface area (Å²) in [7, 11) is 0. The van der Waals surface area contributed by atoms with E-state index in [4.69, 9.17) is 10.5 Å². The van der Waals surface area contributed by atoms with Crippen LogP contribution >= 0.6 is 15.9 Å². The minimum absolute atomic E-state index is 0.134. The molecule has 0 unspecified atom stereocenters. The van der Waals surface area contributed by atoms with Crippen molar-refractivity contribution < 1.29 is 9.53 Å². The Morgan fingerprint density at radius 2 is 2.26 bits per heavy atom. The third-order valence-electron chi connectivity index (χ3n) is 2.64. The second-order valence-corrected chi connectivity index (χ2v) is 4.88. The van der Waals surface area contributed by atoms with Crippen LogP contribution in [0.4, 0.5) is 5.82 Å². The molecule has 1 aromatic heterocycles. The van der Waals surface area contributed by atoms with Gasteiger partial charge in [0.1, 0.15) is 12.1 Å². The zero-order valence-electron chi connectivity index (χ0n) is 10.7. The van der Waals surface area contributed by atoms with Crippen molar-refractivity contribution in [3.05, 3.63) is 40.3 Å². The molecule has 0 saturated heterocycles. The van der Waals surface area contributed by atoms with Crippen molar-refractivity contribution in [2.45, 2.75) is 13.8 Å². The Hall–Kier alpha value is -1.82. The monoisotopic (exact) mass is 323 g/mol. The normalized spacial score (nSPS) is 10.5. The maximum absolute atomic E-state index is 11.7. The van der Waals surface area contributed by atoms with E-state index in [1.54, 1.807) is 11.5 Å². The average Bonchev–Trinajstić information content (AvgIpc) is 2.72. The second-order valence-electron chi connectivity index (χ2n) is 4.02.